The number of fused-ring (bicyclic) bond motifs is 5. The third kappa shape index (κ3) is 2.63. The van der Waals surface area contributed by atoms with Crippen molar-refractivity contribution in [2.24, 2.45) is 0 Å². The van der Waals surface area contributed by atoms with Crippen LogP contribution in [0.4, 0.5) is 0 Å². The summed E-state index contributed by atoms with van der Waals surface area (Å²) in [7, 11) is 0. The van der Waals surface area contributed by atoms with Gasteiger partial charge in [-0.05, 0) is 35.4 Å². The molecule has 2 heteroatoms. The molecule has 2 heterocycles. The predicted octanol–water partition coefficient (Wildman–Crippen LogP) is 8.95. The average molecular weight is 428 g/mol. The Kier molecular flexibility index (Phi) is 4.34. The van der Waals surface area contributed by atoms with Crippen LogP contribution in [0.3, 0.4) is 0 Å². The molecule has 0 bridgehead atoms. The van der Waals surface area contributed by atoms with Crippen molar-refractivity contribution < 1.29 is 0 Å². The van der Waals surface area contributed by atoms with Gasteiger partial charge in [-0.15, -0.1) is 11.3 Å². The predicted molar refractivity (Wildman–Crippen MR) is 142 cm³/mol. The van der Waals surface area contributed by atoms with E-state index >= 15 is 0 Å². The first-order valence-corrected chi connectivity index (χ1v) is 11.5. The quantitative estimate of drug-likeness (QED) is 0.264. The number of rotatable bonds is 4. The highest BCUT2D eigenvalue weighted by Crippen LogP contribution is 2.45. The van der Waals surface area contributed by atoms with Crippen molar-refractivity contribution in [1.29, 1.82) is 0 Å². The van der Waals surface area contributed by atoms with Crippen LogP contribution in [0.15, 0.2) is 104 Å². The zero-order chi connectivity index (χ0) is 21.7. The van der Waals surface area contributed by atoms with E-state index in [1.54, 1.807) is 0 Å². The summed E-state index contributed by atoms with van der Waals surface area (Å²) >= 11 is 1.87. The van der Waals surface area contributed by atoms with E-state index in [9.17, 15) is 0 Å². The lowest BCUT2D eigenvalue weighted by Crippen LogP contribution is -1.96. The maximum Gasteiger partial charge on any atom is 0.0634 e. The van der Waals surface area contributed by atoms with Crippen LogP contribution in [0.1, 0.15) is 11.3 Å². The molecule has 0 saturated carbocycles. The largest absolute Gasteiger partial charge is 0.309 e. The minimum Gasteiger partial charge on any atom is -0.309 e. The second-order valence-corrected chi connectivity index (χ2v) is 8.92. The lowest BCUT2D eigenvalue weighted by atomic mass is 10.0. The van der Waals surface area contributed by atoms with Gasteiger partial charge in [-0.1, -0.05) is 92.0 Å². The van der Waals surface area contributed by atoms with Gasteiger partial charge in [0, 0.05) is 36.8 Å². The second kappa shape index (κ2) is 7.37. The highest BCUT2D eigenvalue weighted by Gasteiger charge is 2.20. The molecule has 0 spiro atoms. The SMILES string of the molecule is C=Cc1c(C=C)n(-c2ccccc2)c2c1ccc1sc3c(-c4ccccc4)cccc3c12. The molecule has 1 nitrogen and oxygen atoms in total. The highest BCUT2D eigenvalue weighted by atomic mass is 32.1. The van der Waals surface area contributed by atoms with Crippen LogP contribution in [-0.4, -0.2) is 4.57 Å². The van der Waals surface area contributed by atoms with Crippen molar-refractivity contribution in [3.05, 3.63) is 115 Å². The summed E-state index contributed by atoms with van der Waals surface area (Å²) in [5.41, 5.74) is 7.08. The number of hydrogen-bond acceptors (Lipinski definition) is 1. The number of aromatic nitrogens is 1. The summed E-state index contributed by atoms with van der Waals surface area (Å²) in [5.74, 6) is 0. The molecule has 0 aliphatic rings. The van der Waals surface area contributed by atoms with Crippen LogP contribution in [0.2, 0.25) is 0 Å². The van der Waals surface area contributed by atoms with Crippen LogP contribution >= 0.6 is 11.3 Å². The second-order valence-electron chi connectivity index (χ2n) is 7.86. The van der Waals surface area contributed by atoms with Gasteiger partial charge in [0.25, 0.3) is 0 Å². The Balaban J connectivity index is 1.82. The Labute approximate surface area is 191 Å². The van der Waals surface area contributed by atoms with Crippen molar-refractivity contribution in [1.82, 2.24) is 4.57 Å². The third-order valence-electron chi connectivity index (χ3n) is 6.16. The van der Waals surface area contributed by atoms with Gasteiger partial charge in [-0.2, -0.15) is 0 Å². The fraction of sp³-hybridized carbons (Fsp3) is 0. The third-order valence-corrected chi connectivity index (χ3v) is 7.37. The lowest BCUT2D eigenvalue weighted by molar-refractivity contribution is 1.11. The molecule has 0 fully saturated rings. The van der Waals surface area contributed by atoms with Crippen LogP contribution < -0.4 is 0 Å². The van der Waals surface area contributed by atoms with Gasteiger partial charge < -0.3 is 4.57 Å². The summed E-state index contributed by atoms with van der Waals surface area (Å²) in [6.45, 7) is 8.26. The molecule has 32 heavy (non-hydrogen) atoms. The van der Waals surface area contributed by atoms with E-state index in [-0.39, 0.29) is 0 Å². The first-order valence-electron chi connectivity index (χ1n) is 10.7. The van der Waals surface area contributed by atoms with Crippen molar-refractivity contribution in [3.63, 3.8) is 0 Å². The minimum atomic E-state index is 1.08. The molecule has 4 aromatic carbocycles. The van der Waals surface area contributed by atoms with E-state index in [1.165, 1.54) is 42.2 Å². The van der Waals surface area contributed by atoms with E-state index in [0.717, 1.165) is 16.9 Å². The maximum atomic E-state index is 4.14. The maximum absolute atomic E-state index is 4.14. The van der Waals surface area contributed by atoms with Crippen LogP contribution in [0.5, 0.6) is 0 Å². The summed E-state index contributed by atoms with van der Waals surface area (Å²) in [6, 6.07) is 32.3. The number of para-hydroxylation sites is 1. The molecule has 2 aromatic heterocycles. The molecular weight excluding hydrogens is 406 g/mol. The van der Waals surface area contributed by atoms with Crippen molar-refractivity contribution in [3.8, 4) is 16.8 Å². The molecule has 0 amide bonds. The molecule has 152 valence electrons. The molecule has 0 saturated heterocycles. The number of hydrogen-bond donors (Lipinski definition) is 0. The Hall–Kier alpha value is -3.88. The Bertz CT molecular complexity index is 1630. The van der Waals surface area contributed by atoms with E-state index in [1.807, 2.05) is 23.5 Å². The van der Waals surface area contributed by atoms with Gasteiger partial charge in [0.2, 0.25) is 0 Å². The number of nitrogens with zero attached hydrogens (tertiary/aromatic N) is 1. The van der Waals surface area contributed by atoms with Crippen molar-refractivity contribution in [2.75, 3.05) is 0 Å². The van der Waals surface area contributed by atoms with E-state index in [0.29, 0.717) is 0 Å². The zero-order valence-corrected chi connectivity index (χ0v) is 18.4. The molecule has 0 atom stereocenters. The van der Waals surface area contributed by atoms with Gasteiger partial charge in [0.1, 0.15) is 0 Å². The number of benzene rings is 4. The lowest BCUT2D eigenvalue weighted by Gasteiger charge is -2.10. The van der Waals surface area contributed by atoms with Crippen LogP contribution in [0, 0.1) is 0 Å². The molecule has 0 N–H and O–H groups in total. The minimum absolute atomic E-state index is 1.08. The van der Waals surface area contributed by atoms with Crippen LogP contribution in [0.25, 0.3) is 60.0 Å². The first kappa shape index (κ1) is 18.9. The molecule has 6 aromatic rings. The zero-order valence-electron chi connectivity index (χ0n) is 17.6. The Morgan fingerprint density at radius 2 is 1.44 bits per heavy atom. The summed E-state index contributed by atoms with van der Waals surface area (Å²) < 4.78 is 4.95. The molecule has 0 radical (unpaired) electrons. The summed E-state index contributed by atoms with van der Waals surface area (Å²) in [4.78, 5) is 0. The molecule has 6 rings (SSSR count). The molecule has 0 aliphatic carbocycles. The summed E-state index contributed by atoms with van der Waals surface area (Å²) in [5, 5.41) is 3.79. The normalized spacial score (nSPS) is 11.4. The fourth-order valence-electron chi connectivity index (χ4n) is 4.81. The fourth-order valence-corrected chi connectivity index (χ4v) is 6.05. The van der Waals surface area contributed by atoms with E-state index in [2.05, 4.69) is 109 Å². The van der Waals surface area contributed by atoms with Gasteiger partial charge in [-0.3, -0.25) is 0 Å². The standard InChI is InChI=1S/C30H21NS/c1-3-22-24-18-19-27-28(29(24)31(26(22)4-2)21-14-9-6-10-15-21)25-17-11-16-23(30(25)32-27)20-12-7-5-8-13-20/h3-19H,1-2H2. The van der Waals surface area contributed by atoms with Gasteiger partial charge >= 0.3 is 0 Å². The van der Waals surface area contributed by atoms with E-state index < -0.39 is 0 Å². The van der Waals surface area contributed by atoms with E-state index in [4.69, 9.17) is 0 Å². The van der Waals surface area contributed by atoms with Crippen LogP contribution in [-0.2, 0) is 0 Å². The highest BCUT2D eigenvalue weighted by molar-refractivity contribution is 7.26. The topological polar surface area (TPSA) is 4.93 Å². The monoisotopic (exact) mass is 427 g/mol. The smallest absolute Gasteiger partial charge is 0.0634 e. The molecule has 0 aliphatic heterocycles. The van der Waals surface area contributed by atoms with Crippen molar-refractivity contribution in [2.45, 2.75) is 0 Å². The van der Waals surface area contributed by atoms with Crippen molar-refractivity contribution >= 4 is 54.6 Å². The van der Waals surface area contributed by atoms with Gasteiger partial charge in [-0.25, -0.2) is 0 Å². The molecular formula is C30H21NS. The first-order chi connectivity index (χ1) is 15.8. The Morgan fingerprint density at radius 3 is 2.16 bits per heavy atom. The van der Waals surface area contributed by atoms with Gasteiger partial charge in [0.05, 0.1) is 11.2 Å². The summed E-state index contributed by atoms with van der Waals surface area (Å²) in [6.07, 6.45) is 3.90. The van der Waals surface area contributed by atoms with Gasteiger partial charge in [0.15, 0.2) is 0 Å². The molecule has 0 unspecified atom stereocenters. The number of thiophene rings is 1. The average Bonchev–Trinajstić information content (AvgIpc) is 3.39. The Morgan fingerprint density at radius 1 is 0.688 bits per heavy atom.